The van der Waals surface area contributed by atoms with E-state index in [9.17, 15) is 10.1 Å². The molecular weight excluding hydrogens is 282 g/mol. The highest BCUT2D eigenvalue weighted by Gasteiger charge is 2.14. The van der Waals surface area contributed by atoms with Crippen molar-refractivity contribution in [3.63, 3.8) is 0 Å². The zero-order valence-electron chi connectivity index (χ0n) is 12.0. The molecule has 0 radical (unpaired) electrons. The first-order valence-corrected chi connectivity index (χ1v) is 6.50. The van der Waals surface area contributed by atoms with E-state index in [1.807, 2.05) is 12.1 Å². The van der Waals surface area contributed by atoms with Gasteiger partial charge in [0.15, 0.2) is 0 Å². The van der Waals surface area contributed by atoms with Gasteiger partial charge in [-0.25, -0.2) is 0 Å². The van der Waals surface area contributed by atoms with Gasteiger partial charge in [-0.3, -0.25) is 10.1 Å². The first-order chi connectivity index (χ1) is 10.6. The largest absolute Gasteiger partial charge is 0.386 e. The van der Waals surface area contributed by atoms with E-state index in [4.69, 9.17) is 5.73 Å². The monoisotopic (exact) mass is 297 g/mol. The van der Waals surface area contributed by atoms with Gasteiger partial charge in [0.2, 0.25) is 0 Å². The third kappa shape index (κ3) is 3.66. The lowest BCUT2D eigenvalue weighted by molar-refractivity contribution is -0.384. The third-order valence-corrected chi connectivity index (χ3v) is 2.75. The topological polar surface area (TPSA) is 98.8 Å². The lowest BCUT2D eigenvalue weighted by Gasteiger charge is -2.06. The summed E-state index contributed by atoms with van der Waals surface area (Å²) >= 11 is 0. The maximum atomic E-state index is 11.1. The van der Waals surface area contributed by atoms with E-state index < -0.39 is 4.92 Å². The summed E-state index contributed by atoms with van der Waals surface area (Å²) in [6, 6.07) is 10.2. The van der Waals surface area contributed by atoms with Gasteiger partial charge in [-0.2, -0.15) is 5.10 Å². The molecule has 0 amide bonds. The summed E-state index contributed by atoms with van der Waals surface area (Å²) in [4.78, 5) is 10.7. The Morgan fingerprint density at radius 3 is 2.82 bits per heavy atom. The van der Waals surface area contributed by atoms with Crippen molar-refractivity contribution in [2.24, 2.45) is 15.9 Å². The van der Waals surface area contributed by atoms with Crippen LogP contribution in [0, 0.1) is 10.1 Å². The van der Waals surface area contributed by atoms with Crippen molar-refractivity contribution in [3.05, 3.63) is 64.5 Å². The van der Waals surface area contributed by atoms with E-state index in [0.717, 1.165) is 5.69 Å². The van der Waals surface area contributed by atoms with Gasteiger partial charge in [0, 0.05) is 24.2 Å². The van der Waals surface area contributed by atoms with Crippen molar-refractivity contribution < 1.29 is 4.92 Å². The molecule has 0 saturated heterocycles. The van der Waals surface area contributed by atoms with E-state index in [0.29, 0.717) is 11.5 Å². The number of rotatable bonds is 5. The Morgan fingerprint density at radius 1 is 1.32 bits per heavy atom. The normalized spacial score (nSPS) is 12.3. The molecule has 0 fully saturated rings. The molecule has 1 aromatic heterocycles. The third-order valence-electron chi connectivity index (χ3n) is 2.75. The number of hydrogen-bond acceptors (Lipinski definition) is 4. The van der Waals surface area contributed by atoms with Crippen LogP contribution in [0.25, 0.3) is 11.8 Å². The van der Waals surface area contributed by atoms with Gasteiger partial charge in [0.25, 0.3) is 5.69 Å². The van der Waals surface area contributed by atoms with Crippen molar-refractivity contribution in [1.29, 1.82) is 0 Å². The Balaban J connectivity index is 2.31. The number of nitrogens with zero attached hydrogens (tertiary/aromatic N) is 4. The summed E-state index contributed by atoms with van der Waals surface area (Å²) in [6.45, 7) is 1.64. The maximum Gasteiger partial charge on any atom is 0.293 e. The van der Waals surface area contributed by atoms with Crippen LogP contribution in [0.15, 0.2) is 58.9 Å². The molecule has 0 spiro atoms. The van der Waals surface area contributed by atoms with Crippen molar-refractivity contribution in [3.8, 4) is 5.69 Å². The quantitative estimate of drug-likeness (QED) is 0.397. The molecule has 1 heterocycles. The Kier molecular flexibility index (Phi) is 4.81. The molecule has 0 aliphatic heterocycles. The molecule has 2 N–H and O–H groups in total. The van der Waals surface area contributed by atoms with Gasteiger partial charge in [0.1, 0.15) is 11.5 Å². The van der Waals surface area contributed by atoms with Gasteiger partial charge < -0.3 is 10.3 Å². The molecular formula is C15H15N5O2. The van der Waals surface area contributed by atoms with Gasteiger partial charge in [0.05, 0.1) is 4.92 Å². The highest BCUT2D eigenvalue weighted by Crippen LogP contribution is 2.24. The minimum absolute atomic E-state index is 0.0466. The predicted molar refractivity (Wildman–Crippen MR) is 87.2 cm³/mol. The zero-order valence-corrected chi connectivity index (χ0v) is 12.0. The first kappa shape index (κ1) is 15.2. The average Bonchev–Trinajstić information content (AvgIpc) is 2.94. The smallest absolute Gasteiger partial charge is 0.293 e. The van der Waals surface area contributed by atoms with Crippen LogP contribution in [0.2, 0.25) is 0 Å². The molecule has 112 valence electrons. The van der Waals surface area contributed by atoms with Crippen LogP contribution in [-0.2, 0) is 0 Å². The molecule has 0 atom stereocenters. The fourth-order valence-electron chi connectivity index (χ4n) is 1.88. The van der Waals surface area contributed by atoms with E-state index in [2.05, 4.69) is 10.2 Å². The van der Waals surface area contributed by atoms with Gasteiger partial charge in [-0.15, -0.1) is 5.10 Å². The van der Waals surface area contributed by atoms with Crippen molar-refractivity contribution in [2.75, 3.05) is 0 Å². The second-order valence-corrected chi connectivity index (χ2v) is 4.41. The molecule has 2 rings (SSSR count). The lowest BCUT2D eigenvalue weighted by atomic mass is 10.2. The SMILES string of the molecule is C/C(N)=N/N=C/C=C/c1cccn1-c1ccccc1[N+](=O)[O-]. The summed E-state index contributed by atoms with van der Waals surface area (Å²) in [6.07, 6.45) is 6.73. The molecule has 7 nitrogen and oxygen atoms in total. The number of nitrogens with two attached hydrogens (primary N) is 1. The number of allylic oxidation sites excluding steroid dienone is 1. The Labute approximate surface area is 127 Å². The number of benzene rings is 1. The highest BCUT2D eigenvalue weighted by molar-refractivity contribution is 5.81. The van der Waals surface area contributed by atoms with Crippen LogP contribution in [0.3, 0.4) is 0 Å². The Hall–Kier alpha value is -3.22. The second-order valence-electron chi connectivity index (χ2n) is 4.41. The standard InChI is InChI=1S/C15H15N5O2/c1-12(16)18-17-10-4-6-13-7-5-11-19(13)14-8-2-3-9-15(14)20(21)22/h2-11H,1H3,(H2,16,18)/b6-4+,17-10+. The number of para-hydroxylation sites is 2. The molecule has 0 unspecified atom stereocenters. The van der Waals surface area contributed by atoms with Crippen LogP contribution in [-0.4, -0.2) is 21.5 Å². The van der Waals surface area contributed by atoms with Gasteiger partial charge in [-0.1, -0.05) is 12.1 Å². The summed E-state index contributed by atoms with van der Waals surface area (Å²) in [5, 5.41) is 18.5. The first-order valence-electron chi connectivity index (χ1n) is 6.50. The molecule has 2 aromatic rings. The van der Waals surface area contributed by atoms with Crippen molar-refractivity contribution in [2.45, 2.75) is 6.92 Å². The molecule has 0 aliphatic rings. The zero-order chi connectivity index (χ0) is 15.9. The van der Waals surface area contributed by atoms with Crippen molar-refractivity contribution in [1.82, 2.24) is 4.57 Å². The number of amidine groups is 1. The van der Waals surface area contributed by atoms with Crippen LogP contribution in [0.4, 0.5) is 5.69 Å². The van der Waals surface area contributed by atoms with Crippen LogP contribution < -0.4 is 5.73 Å². The number of nitro groups is 1. The number of nitro benzene ring substituents is 1. The van der Waals surface area contributed by atoms with Crippen LogP contribution >= 0.6 is 0 Å². The molecule has 0 saturated carbocycles. The van der Waals surface area contributed by atoms with E-state index in [1.165, 1.54) is 12.3 Å². The lowest BCUT2D eigenvalue weighted by Crippen LogP contribution is -2.03. The second kappa shape index (κ2) is 6.98. The molecule has 0 aliphatic carbocycles. The molecule has 22 heavy (non-hydrogen) atoms. The van der Waals surface area contributed by atoms with E-state index in [-0.39, 0.29) is 5.69 Å². The Morgan fingerprint density at radius 2 is 2.09 bits per heavy atom. The molecule has 1 aromatic carbocycles. The molecule has 0 bridgehead atoms. The Bertz CT molecular complexity index is 755. The van der Waals surface area contributed by atoms with Crippen LogP contribution in [0.5, 0.6) is 0 Å². The fourth-order valence-corrected chi connectivity index (χ4v) is 1.88. The average molecular weight is 297 g/mol. The van der Waals surface area contributed by atoms with Gasteiger partial charge >= 0.3 is 0 Å². The summed E-state index contributed by atoms with van der Waals surface area (Å²) in [7, 11) is 0. The highest BCUT2D eigenvalue weighted by atomic mass is 16.6. The molecule has 7 heteroatoms. The predicted octanol–water partition coefficient (Wildman–Crippen LogP) is 2.76. The fraction of sp³-hybridized carbons (Fsp3) is 0.0667. The van der Waals surface area contributed by atoms with Crippen molar-refractivity contribution >= 4 is 23.8 Å². The maximum absolute atomic E-state index is 11.1. The summed E-state index contributed by atoms with van der Waals surface area (Å²) < 4.78 is 1.74. The summed E-state index contributed by atoms with van der Waals surface area (Å²) in [5.74, 6) is 0.368. The van der Waals surface area contributed by atoms with Gasteiger partial charge in [-0.05, 0) is 37.3 Å². The van der Waals surface area contributed by atoms with E-state index in [1.54, 1.807) is 48.0 Å². The minimum Gasteiger partial charge on any atom is -0.386 e. The summed E-state index contributed by atoms with van der Waals surface area (Å²) in [5.41, 5.74) is 6.70. The number of aromatic nitrogens is 1. The van der Waals surface area contributed by atoms with Crippen LogP contribution in [0.1, 0.15) is 12.6 Å². The minimum atomic E-state index is -0.400. The van der Waals surface area contributed by atoms with E-state index >= 15 is 0 Å². The number of hydrogen-bond donors (Lipinski definition) is 1.